The lowest BCUT2D eigenvalue weighted by molar-refractivity contribution is -0.645. The Balaban J connectivity index is 1.59. The molecule has 2 aliphatic rings. The van der Waals surface area contributed by atoms with Gasteiger partial charge in [0.2, 0.25) is 5.91 Å². The van der Waals surface area contributed by atoms with Crippen LogP contribution in [0.4, 0.5) is 4.79 Å². The lowest BCUT2D eigenvalue weighted by atomic mass is 9.77. The normalized spacial score (nSPS) is 26.0. The fraction of sp³-hybridized carbons (Fsp3) is 0.500. The minimum atomic E-state index is -0.887. The molecule has 1 aromatic heterocycles. The van der Waals surface area contributed by atoms with Crippen LogP contribution in [0.15, 0.2) is 29.4 Å². The Bertz CT molecular complexity index is 703. The quantitative estimate of drug-likeness (QED) is 0.358. The molecule has 4 amide bonds. The largest absolute Gasteiger partial charge is 0.618 e. The Morgan fingerprint density at radius 3 is 2.84 bits per heavy atom. The van der Waals surface area contributed by atoms with Crippen LogP contribution in [0.3, 0.4) is 0 Å². The average Bonchev–Trinajstić information content (AvgIpc) is 2.81. The molecule has 1 saturated heterocycles. The molecule has 3 rings (SSSR count). The number of carbonyl (C=O) groups excluding carboxylic acids is 3. The molecule has 0 bridgehead atoms. The SMILES string of the molecule is CC1CCC2(CC1)NC(=O)N(NC(=O)CSc1cccc[n+]1[O-])C2=O. The average molecular weight is 364 g/mol. The smallest absolute Gasteiger partial charge is 0.344 e. The lowest BCUT2D eigenvalue weighted by Gasteiger charge is -2.33. The van der Waals surface area contributed by atoms with Crippen molar-refractivity contribution in [1.29, 1.82) is 0 Å². The van der Waals surface area contributed by atoms with Crippen molar-refractivity contribution >= 4 is 29.6 Å². The van der Waals surface area contributed by atoms with Crippen LogP contribution in [0, 0.1) is 11.1 Å². The van der Waals surface area contributed by atoms with Gasteiger partial charge in [-0.25, -0.2) is 4.79 Å². The van der Waals surface area contributed by atoms with Crippen LogP contribution in [-0.4, -0.2) is 34.1 Å². The van der Waals surface area contributed by atoms with Gasteiger partial charge in [-0.1, -0.05) is 6.92 Å². The number of hydrazine groups is 1. The Hall–Kier alpha value is -2.29. The maximum atomic E-state index is 12.6. The molecule has 1 aliphatic heterocycles. The predicted octanol–water partition coefficient (Wildman–Crippen LogP) is 0.944. The Kier molecular flexibility index (Phi) is 4.85. The van der Waals surface area contributed by atoms with E-state index in [1.165, 1.54) is 6.20 Å². The molecule has 1 spiro atoms. The summed E-state index contributed by atoms with van der Waals surface area (Å²) >= 11 is 1.04. The number of hydrogen-bond acceptors (Lipinski definition) is 5. The van der Waals surface area contributed by atoms with Crippen molar-refractivity contribution in [3.63, 3.8) is 0 Å². The fourth-order valence-corrected chi connectivity index (χ4v) is 3.84. The Labute approximate surface area is 149 Å². The van der Waals surface area contributed by atoms with Crippen molar-refractivity contribution in [2.45, 2.75) is 43.2 Å². The highest BCUT2D eigenvalue weighted by Crippen LogP contribution is 2.35. The number of amides is 4. The van der Waals surface area contributed by atoms with Gasteiger partial charge in [0.1, 0.15) is 5.54 Å². The first-order chi connectivity index (χ1) is 11.9. The van der Waals surface area contributed by atoms with E-state index in [0.717, 1.165) is 29.6 Å². The van der Waals surface area contributed by atoms with Gasteiger partial charge >= 0.3 is 6.03 Å². The van der Waals surface area contributed by atoms with Crippen LogP contribution in [0.2, 0.25) is 0 Å². The van der Waals surface area contributed by atoms with Gasteiger partial charge in [0.25, 0.3) is 10.9 Å². The third-order valence-electron chi connectivity index (χ3n) is 4.67. The molecule has 0 radical (unpaired) electrons. The Morgan fingerprint density at radius 2 is 2.16 bits per heavy atom. The summed E-state index contributed by atoms with van der Waals surface area (Å²) in [6.45, 7) is 2.12. The molecule has 2 fully saturated rings. The number of pyridine rings is 1. The van der Waals surface area contributed by atoms with E-state index in [0.29, 0.717) is 28.5 Å². The molecule has 2 heterocycles. The number of urea groups is 1. The molecule has 1 aromatic rings. The van der Waals surface area contributed by atoms with Crippen molar-refractivity contribution < 1.29 is 19.1 Å². The van der Waals surface area contributed by atoms with Crippen LogP contribution in [0.1, 0.15) is 32.6 Å². The van der Waals surface area contributed by atoms with E-state index in [2.05, 4.69) is 17.7 Å². The highest BCUT2D eigenvalue weighted by molar-refractivity contribution is 7.99. The first kappa shape index (κ1) is 17.5. The summed E-state index contributed by atoms with van der Waals surface area (Å²) in [7, 11) is 0. The third-order valence-corrected chi connectivity index (χ3v) is 5.68. The molecule has 0 aromatic carbocycles. The molecule has 0 unspecified atom stereocenters. The first-order valence-electron chi connectivity index (χ1n) is 8.18. The van der Waals surface area contributed by atoms with Crippen molar-refractivity contribution in [3.05, 3.63) is 29.6 Å². The summed E-state index contributed by atoms with van der Waals surface area (Å²) in [6, 6.07) is 4.28. The molecular formula is C16H20N4O4S. The number of nitrogens with zero attached hydrogens (tertiary/aromatic N) is 2. The number of rotatable bonds is 4. The maximum absolute atomic E-state index is 12.6. The molecule has 2 N–H and O–H groups in total. The summed E-state index contributed by atoms with van der Waals surface area (Å²) < 4.78 is 0.657. The van der Waals surface area contributed by atoms with Crippen molar-refractivity contribution in [1.82, 2.24) is 15.8 Å². The van der Waals surface area contributed by atoms with E-state index < -0.39 is 23.4 Å². The van der Waals surface area contributed by atoms with E-state index in [1.54, 1.807) is 18.2 Å². The van der Waals surface area contributed by atoms with Crippen LogP contribution in [0.5, 0.6) is 0 Å². The zero-order valence-electron chi connectivity index (χ0n) is 13.9. The number of imide groups is 1. The Morgan fingerprint density at radius 1 is 1.44 bits per heavy atom. The second-order valence-corrected chi connectivity index (χ2v) is 7.52. The number of thioether (sulfide) groups is 1. The van der Waals surface area contributed by atoms with Gasteiger partial charge in [-0.05, 0) is 49.4 Å². The highest BCUT2D eigenvalue weighted by atomic mass is 32.2. The molecular weight excluding hydrogens is 344 g/mol. The van der Waals surface area contributed by atoms with E-state index in [-0.39, 0.29) is 5.75 Å². The van der Waals surface area contributed by atoms with E-state index >= 15 is 0 Å². The van der Waals surface area contributed by atoms with Gasteiger partial charge in [-0.15, -0.1) is 0 Å². The first-order valence-corrected chi connectivity index (χ1v) is 9.17. The summed E-state index contributed by atoms with van der Waals surface area (Å²) in [5.41, 5.74) is 1.46. The van der Waals surface area contributed by atoms with Gasteiger partial charge < -0.3 is 10.5 Å². The monoisotopic (exact) mass is 364 g/mol. The molecule has 1 saturated carbocycles. The van der Waals surface area contributed by atoms with Gasteiger partial charge in [-0.2, -0.15) is 9.74 Å². The van der Waals surface area contributed by atoms with Gasteiger partial charge in [0.15, 0.2) is 6.20 Å². The number of carbonyl (C=O) groups is 3. The lowest BCUT2D eigenvalue weighted by Crippen LogP contribution is -2.51. The summed E-state index contributed by atoms with van der Waals surface area (Å²) in [5.74, 6) is -0.465. The van der Waals surface area contributed by atoms with Crippen LogP contribution >= 0.6 is 11.8 Å². The molecule has 9 heteroatoms. The topological polar surface area (TPSA) is 105 Å². The van der Waals surface area contributed by atoms with Crippen molar-refractivity contribution in [2.75, 3.05) is 5.75 Å². The van der Waals surface area contributed by atoms with Gasteiger partial charge in [0, 0.05) is 12.1 Å². The van der Waals surface area contributed by atoms with Crippen molar-refractivity contribution in [3.8, 4) is 0 Å². The minimum absolute atomic E-state index is 0.0760. The molecule has 1 aliphatic carbocycles. The summed E-state index contributed by atoms with van der Waals surface area (Å²) in [6.07, 6.45) is 4.23. The van der Waals surface area contributed by atoms with E-state index in [9.17, 15) is 19.6 Å². The van der Waals surface area contributed by atoms with Gasteiger partial charge in [-0.3, -0.25) is 15.0 Å². The molecule has 0 atom stereocenters. The zero-order chi connectivity index (χ0) is 18.0. The zero-order valence-corrected chi connectivity index (χ0v) is 14.7. The van der Waals surface area contributed by atoms with E-state index in [1.807, 2.05) is 0 Å². The third kappa shape index (κ3) is 3.55. The van der Waals surface area contributed by atoms with Crippen LogP contribution in [0.25, 0.3) is 0 Å². The van der Waals surface area contributed by atoms with Crippen molar-refractivity contribution in [2.24, 2.45) is 5.92 Å². The molecule has 8 nitrogen and oxygen atoms in total. The number of hydrogen-bond donors (Lipinski definition) is 2. The second kappa shape index (κ2) is 6.91. The minimum Gasteiger partial charge on any atom is -0.618 e. The second-order valence-electron chi connectivity index (χ2n) is 6.52. The van der Waals surface area contributed by atoms with Crippen LogP contribution in [-0.2, 0) is 9.59 Å². The van der Waals surface area contributed by atoms with E-state index in [4.69, 9.17) is 0 Å². The summed E-state index contributed by atoms with van der Waals surface area (Å²) in [4.78, 5) is 36.8. The molecule has 25 heavy (non-hydrogen) atoms. The fourth-order valence-electron chi connectivity index (χ4n) is 3.14. The van der Waals surface area contributed by atoms with Gasteiger partial charge in [0.05, 0.1) is 5.75 Å². The molecule has 134 valence electrons. The summed E-state index contributed by atoms with van der Waals surface area (Å²) in [5, 5.41) is 15.4. The van der Waals surface area contributed by atoms with Crippen LogP contribution < -0.4 is 15.5 Å². The standard InChI is InChI=1S/C16H20N4O4S/c1-11-5-7-16(8-6-11)14(22)20(15(23)17-16)18-12(21)10-25-13-4-2-3-9-19(13)24/h2-4,9,11H,5-8,10H2,1H3,(H,17,23)(H,18,21). The maximum Gasteiger partial charge on any atom is 0.344 e. The predicted molar refractivity (Wildman–Crippen MR) is 90.0 cm³/mol. The number of nitrogens with one attached hydrogen (secondary N) is 2. The highest BCUT2D eigenvalue weighted by Gasteiger charge is 2.52. The number of aromatic nitrogens is 1.